The minimum atomic E-state index is 0.293. The molecule has 2 heterocycles. The predicted octanol–water partition coefficient (Wildman–Crippen LogP) is 3.03. The Hall–Kier alpha value is -2.40. The average Bonchev–Trinajstić information content (AvgIpc) is 2.89. The number of halogens is 1. The van der Waals surface area contributed by atoms with Crippen LogP contribution >= 0.6 is 11.6 Å². The van der Waals surface area contributed by atoms with E-state index in [0.29, 0.717) is 28.0 Å². The smallest absolute Gasteiger partial charge is 0.261 e. The van der Waals surface area contributed by atoms with Crippen molar-refractivity contribution < 1.29 is 4.52 Å². The third-order valence-electron chi connectivity index (χ3n) is 2.61. The summed E-state index contributed by atoms with van der Waals surface area (Å²) in [5.41, 5.74) is 7.69. The van der Waals surface area contributed by atoms with Gasteiger partial charge in [-0.05, 0) is 24.3 Å². The van der Waals surface area contributed by atoms with Gasteiger partial charge in [-0.15, -0.1) is 0 Å². The molecule has 0 radical (unpaired) electrons. The summed E-state index contributed by atoms with van der Waals surface area (Å²) in [6, 6.07) is 8.86. The Morgan fingerprint density at radius 2 is 2.05 bits per heavy atom. The van der Waals surface area contributed by atoms with Crippen molar-refractivity contribution in [2.45, 2.75) is 0 Å². The average molecular weight is 273 g/mol. The van der Waals surface area contributed by atoms with Crippen LogP contribution in [0.3, 0.4) is 0 Å². The SMILES string of the molecule is Nc1cccc(Cl)c1-c1nc(-c2cccnc2)no1. The first-order valence-electron chi connectivity index (χ1n) is 5.54. The highest BCUT2D eigenvalue weighted by molar-refractivity contribution is 6.33. The first-order chi connectivity index (χ1) is 9.25. The Bertz CT molecular complexity index is 691. The van der Waals surface area contributed by atoms with E-state index >= 15 is 0 Å². The number of anilines is 1. The summed E-state index contributed by atoms with van der Waals surface area (Å²) in [6.07, 6.45) is 3.33. The van der Waals surface area contributed by atoms with Crippen molar-refractivity contribution in [1.29, 1.82) is 0 Å². The number of nitrogens with two attached hydrogens (primary N) is 1. The van der Waals surface area contributed by atoms with Crippen LogP contribution < -0.4 is 5.73 Å². The molecule has 0 aliphatic rings. The van der Waals surface area contributed by atoms with E-state index in [0.717, 1.165) is 5.56 Å². The van der Waals surface area contributed by atoms with Gasteiger partial charge in [0.2, 0.25) is 5.82 Å². The first kappa shape index (κ1) is 11.7. The van der Waals surface area contributed by atoms with Gasteiger partial charge >= 0.3 is 0 Å². The Balaban J connectivity index is 2.07. The summed E-state index contributed by atoms with van der Waals surface area (Å²) in [5, 5.41) is 4.38. The molecule has 0 unspecified atom stereocenters. The van der Waals surface area contributed by atoms with Crippen molar-refractivity contribution in [3.05, 3.63) is 47.7 Å². The van der Waals surface area contributed by atoms with E-state index in [2.05, 4.69) is 15.1 Å². The van der Waals surface area contributed by atoms with Gasteiger partial charge in [-0.1, -0.05) is 22.8 Å². The van der Waals surface area contributed by atoms with Crippen LogP contribution in [0.15, 0.2) is 47.2 Å². The molecule has 5 nitrogen and oxygen atoms in total. The zero-order chi connectivity index (χ0) is 13.2. The van der Waals surface area contributed by atoms with E-state index in [1.165, 1.54) is 0 Å². The zero-order valence-electron chi connectivity index (χ0n) is 9.75. The first-order valence-corrected chi connectivity index (χ1v) is 5.92. The minimum absolute atomic E-state index is 0.293. The molecule has 0 fully saturated rings. The number of nitrogen functional groups attached to an aromatic ring is 1. The largest absolute Gasteiger partial charge is 0.398 e. The van der Waals surface area contributed by atoms with Crippen LogP contribution in [-0.2, 0) is 0 Å². The highest BCUT2D eigenvalue weighted by Crippen LogP contribution is 2.32. The number of benzene rings is 1. The topological polar surface area (TPSA) is 77.8 Å². The molecular weight excluding hydrogens is 264 g/mol. The summed E-state index contributed by atoms with van der Waals surface area (Å²) in [5.74, 6) is 0.740. The Labute approximate surface area is 114 Å². The third kappa shape index (κ3) is 2.15. The lowest BCUT2D eigenvalue weighted by atomic mass is 10.2. The van der Waals surface area contributed by atoms with Gasteiger partial charge in [0.15, 0.2) is 0 Å². The molecule has 0 saturated heterocycles. The second-order valence-corrected chi connectivity index (χ2v) is 4.28. The Morgan fingerprint density at radius 3 is 2.79 bits per heavy atom. The van der Waals surface area contributed by atoms with Crippen LogP contribution in [0.4, 0.5) is 5.69 Å². The van der Waals surface area contributed by atoms with E-state index in [1.807, 2.05) is 6.07 Å². The Morgan fingerprint density at radius 1 is 1.16 bits per heavy atom. The van der Waals surface area contributed by atoms with Crippen molar-refractivity contribution in [3.63, 3.8) is 0 Å². The van der Waals surface area contributed by atoms with Crippen molar-refractivity contribution >= 4 is 17.3 Å². The number of nitrogens with zero attached hydrogens (tertiary/aromatic N) is 3. The van der Waals surface area contributed by atoms with Crippen LogP contribution in [0, 0.1) is 0 Å². The lowest BCUT2D eigenvalue weighted by molar-refractivity contribution is 0.432. The summed E-state index contributed by atoms with van der Waals surface area (Å²) in [4.78, 5) is 8.30. The van der Waals surface area contributed by atoms with Crippen LogP contribution in [0.1, 0.15) is 0 Å². The summed E-state index contributed by atoms with van der Waals surface area (Å²) < 4.78 is 5.21. The monoisotopic (exact) mass is 272 g/mol. The van der Waals surface area contributed by atoms with Crippen molar-refractivity contribution in [2.75, 3.05) is 5.73 Å². The lowest BCUT2D eigenvalue weighted by Gasteiger charge is -2.01. The van der Waals surface area contributed by atoms with Gasteiger partial charge < -0.3 is 10.3 Å². The molecular formula is C13H9ClN4O. The molecule has 2 aromatic heterocycles. The molecule has 0 aliphatic heterocycles. The van der Waals surface area contributed by atoms with Gasteiger partial charge in [-0.2, -0.15) is 4.98 Å². The summed E-state index contributed by atoms with van der Waals surface area (Å²) in [7, 11) is 0. The highest BCUT2D eigenvalue weighted by Gasteiger charge is 2.15. The molecule has 0 saturated carbocycles. The molecule has 2 N–H and O–H groups in total. The van der Waals surface area contributed by atoms with E-state index in [4.69, 9.17) is 21.9 Å². The number of hydrogen-bond acceptors (Lipinski definition) is 5. The number of rotatable bonds is 2. The molecule has 0 aliphatic carbocycles. The van der Waals surface area contributed by atoms with Crippen molar-refractivity contribution in [3.8, 4) is 22.8 Å². The molecule has 0 atom stereocenters. The Kier molecular flexibility index (Phi) is 2.89. The highest BCUT2D eigenvalue weighted by atomic mass is 35.5. The number of aromatic nitrogens is 3. The normalized spacial score (nSPS) is 10.6. The van der Waals surface area contributed by atoms with Crippen molar-refractivity contribution in [2.24, 2.45) is 0 Å². The van der Waals surface area contributed by atoms with Crippen LogP contribution in [-0.4, -0.2) is 15.1 Å². The maximum atomic E-state index is 6.10. The second-order valence-electron chi connectivity index (χ2n) is 3.87. The van der Waals surface area contributed by atoms with E-state index in [9.17, 15) is 0 Å². The van der Waals surface area contributed by atoms with E-state index in [-0.39, 0.29) is 0 Å². The molecule has 0 amide bonds. The minimum Gasteiger partial charge on any atom is -0.398 e. The zero-order valence-corrected chi connectivity index (χ0v) is 10.5. The van der Waals surface area contributed by atoms with Gasteiger partial charge in [0.25, 0.3) is 5.89 Å². The maximum Gasteiger partial charge on any atom is 0.261 e. The maximum absolute atomic E-state index is 6.10. The van der Waals surface area contributed by atoms with Gasteiger partial charge in [0.1, 0.15) is 0 Å². The molecule has 3 rings (SSSR count). The van der Waals surface area contributed by atoms with Crippen LogP contribution in [0.25, 0.3) is 22.8 Å². The molecule has 94 valence electrons. The molecule has 3 aromatic rings. The molecule has 19 heavy (non-hydrogen) atoms. The lowest BCUT2D eigenvalue weighted by Crippen LogP contribution is -1.91. The van der Waals surface area contributed by atoms with Crippen molar-refractivity contribution in [1.82, 2.24) is 15.1 Å². The van der Waals surface area contributed by atoms with E-state index in [1.54, 1.807) is 36.7 Å². The second kappa shape index (κ2) is 4.70. The number of pyridine rings is 1. The fraction of sp³-hybridized carbons (Fsp3) is 0. The fourth-order valence-corrected chi connectivity index (χ4v) is 1.97. The predicted molar refractivity (Wildman–Crippen MR) is 72.4 cm³/mol. The quantitative estimate of drug-likeness (QED) is 0.726. The molecule has 6 heteroatoms. The standard InChI is InChI=1S/C13H9ClN4O/c14-9-4-1-5-10(15)11(9)13-17-12(18-19-13)8-3-2-6-16-7-8/h1-7H,15H2. The molecule has 0 spiro atoms. The van der Waals surface area contributed by atoms with Gasteiger partial charge in [0.05, 0.1) is 10.6 Å². The fourth-order valence-electron chi connectivity index (χ4n) is 1.70. The summed E-state index contributed by atoms with van der Waals surface area (Å²) >= 11 is 6.10. The number of hydrogen-bond donors (Lipinski definition) is 1. The van der Waals surface area contributed by atoms with Gasteiger partial charge in [0, 0.05) is 23.6 Å². The van der Waals surface area contributed by atoms with E-state index < -0.39 is 0 Å². The van der Waals surface area contributed by atoms with Crippen LogP contribution in [0.5, 0.6) is 0 Å². The summed E-state index contributed by atoms with van der Waals surface area (Å²) in [6.45, 7) is 0. The van der Waals surface area contributed by atoms with Gasteiger partial charge in [-0.3, -0.25) is 4.98 Å². The molecule has 1 aromatic carbocycles. The molecule has 0 bridgehead atoms. The third-order valence-corrected chi connectivity index (χ3v) is 2.92. The van der Waals surface area contributed by atoms with Crippen LogP contribution in [0.2, 0.25) is 5.02 Å². The van der Waals surface area contributed by atoms with Gasteiger partial charge in [-0.25, -0.2) is 0 Å².